The molecular weight excluding hydrogens is 230 g/mol. The summed E-state index contributed by atoms with van der Waals surface area (Å²) in [7, 11) is 1.84. The summed E-state index contributed by atoms with van der Waals surface area (Å²) in [6.45, 7) is 3.69. The highest BCUT2D eigenvalue weighted by Gasteiger charge is 2.11. The molecular formula is C13H15N3O2. The molecule has 1 aromatic carbocycles. The van der Waals surface area contributed by atoms with E-state index < -0.39 is 0 Å². The van der Waals surface area contributed by atoms with E-state index in [1.165, 1.54) is 0 Å². The summed E-state index contributed by atoms with van der Waals surface area (Å²) in [5, 5.41) is 9.41. The maximum atomic E-state index is 12.0. The molecule has 1 amide bonds. The maximum Gasteiger partial charge on any atom is 0.258 e. The van der Waals surface area contributed by atoms with Crippen LogP contribution in [0.15, 0.2) is 28.8 Å². The van der Waals surface area contributed by atoms with Crippen molar-refractivity contribution in [2.75, 3.05) is 17.7 Å². The minimum absolute atomic E-state index is 0.202. The largest absolute Gasteiger partial charge is 0.388 e. The highest BCUT2D eigenvalue weighted by Crippen LogP contribution is 2.17. The van der Waals surface area contributed by atoms with Crippen LogP contribution in [0.25, 0.3) is 0 Å². The van der Waals surface area contributed by atoms with Gasteiger partial charge in [0.25, 0.3) is 5.91 Å². The van der Waals surface area contributed by atoms with Crippen molar-refractivity contribution < 1.29 is 9.32 Å². The van der Waals surface area contributed by atoms with Crippen molar-refractivity contribution in [2.45, 2.75) is 13.8 Å². The number of aryl methyl sites for hydroxylation is 2. The van der Waals surface area contributed by atoms with Crippen molar-refractivity contribution in [3.63, 3.8) is 0 Å². The van der Waals surface area contributed by atoms with E-state index in [-0.39, 0.29) is 5.91 Å². The Morgan fingerprint density at radius 1 is 1.28 bits per heavy atom. The van der Waals surface area contributed by atoms with Crippen LogP contribution in [-0.4, -0.2) is 18.1 Å². The molecule has 1 aromatic heterocycles. The quantitative estimate of drug-likeness (QED) is 0.872. The van der Waals surface area contributed by atoms with Crippen molar-refractivity contribution in [3.05, 3.63) is 41.1 Å². The molecule has 0 aliphatic carbocycles. The van der Waals surface area contributed by atoms with Crippen molar-refractivity contribution in [1.82, 2.24) is 5.16 Å². The van der Waals surface area contributed by atoms with Crippen LogP contribution in [0, 0.1) is 13.8 Å². The van der Waals surface area contributed by atoms with E-state index in [0.717, 1.165) is 16.9 Å². The van der Waals surface area contributed by atoms with Crippen LogP contribution in [0.5, 0.6) is 0 Å². The topological polar surface area (TPSA) is 67.2 Å². The Morgan fingerprint density at radius 2 is 2.06 bits per heavy atom. The first-order valence-electron chi connectivity index (χ1n) is 5.63. The van der Waals surface area contributed by atoms with Crippen LogP contribution in [-0.2, 0) is 0 Å². The third-order valence-corrected chi connectivity index (χ3v) is 2.62. The Morgan fingerprint density at radius 3 is 2.61 bits per heavy atom. The predicted octanol–water partition coefficient (Wildman–Crippen LogP) is 2.59. The minimum atomic E-state index is -0.202. The molecule has 0 spiro atoms. The summed E-state index contributed by atoms with van der Waals surface area (Å²) in [4.78, 5) is 12.0. The van der Waals surface area contributed by atoms with E-state index in [1.807, 2.05) is 26.1 Å². The molecule has 18 heavy (non-hydrogen) atoms. The van der Waals surface area contributed by atoms with E-state index in [4.69, 9.17) is 4.52 Å². The highest BCUT2D eigenvalue weighted by atomic mass is 16.5. The third-order valence-electron chi connectivity index (χ3n) is 2.62. The molecule has 1 heterocycles. The summed E-state index contributed by atoms with van der Waals surface area (Å²) >= 11 is 0. The zero-order valence-corrected chi connectivity index (χ0v) is 10.6. The second kappa shape index (κ2) is 4.91. The first-order valence-corrected chi connectivity index (χ1v) is 5.63. The highest BCUT2D eigenvalue weighted by molar-refractivity contribution is 6.04. The van der Waals surface area contributed by atoms with Gasteiger partial charge in [0.1, 0.15) is 0 Å². The van der Waals surface area contributed by atoms with Gasteiger partial charge < -0.3 is 9.84 Å². The number of benzene rings is 1. The minimum Gasteiger partial charge on any atom is -0.388 e. The Hall–Kier alpha value is -2.30. The molecule has 0 saturated heterocycles. The van der Waals surface area contributed by atoms with Crippen LogP contribution in [0.2, 0.25) is 0 Å². The molecule has 0 radical (unpaired) electrons. The fraction of sp³-hybridized carbons (Fsp3) is 0.231. The van der Waals surface area contributed by atoms with Gasteiger partial charge in [-0.05, 0) is 37.6 Å². The lowest BCUT2D eigenvalue weighted by Crippen LogP contribution is -2.13. The van der Waals surface area contributed by atoms with Gasteiger partial charge in [0.2, 0.25) is 5.88 Å². The lowest BCUT2D eigenvalue weighted by atomic mass is 10.1. The number of rotatable bonds is 3. The number of hydrogen-bond donors (Lipinski definition) is 2. The summed E-state index contributed by atoms with van der Waals surface area (Å²) in [6, 6.07) is 7.23. The summed E-state index contributed by atoms with van der Waals surface area (Å²) in [5.41, 5.74) is 3.21. The van der Waals surface area contributed by atoms with E-state index in [2.05, 4.69) is 15.8 Å². The number of nitrogens with one attached hydrogen (secondary N) is 2. The van der Waals surface area contributed by atoms with Gasteiger partial charge in [-0.3, -0.25) is 10.1 Å². The molecule has 2 aromatic rings. The van der Waals surface area contributed by atoms with Gasteiger partial charge in [-0.1, -0.05) is 5.16 Å². The Labute approximate surface area is 105 Å². The third kappa shape index (κ3) is 2.51. The Kier molecular flexibility index (Phi) is 3.32. The first-order chi connectivity index (χ1) is 8.60. The number of amides is 1. The number of aromatic nitrogens is 1. The van der Waals surface area contributed by atoms with Gasteiger partial charge in [0, 0.05) is 24.4 Å². The van der Waals surface area contributed by atoms with Crippen LogP contribution >= 0.6 is 0 Å². The lowest BCUT2D eigenvalue weighted by molar-refractivity contribution is 0.102. The van der Waals surface area contributed by atoms with Crippen molar-refractivity contribution in [3.8, 4) is 0 Å². The molecule has 0 bridgehead atoms. The Balaban J connectivity index is 2.18. The Bertz CT molecular complexity index is 575. The normalized spacial score (nSPS) is 10.2. The molecule has 0 unspecified atom stereocenters. The van der Waals surface area contributed by atoms with Crippen LogP contribution < -0.4 is 10.6 Å². The maximum absolute atomic E-state index is 12.0. The average molecular weight is 245 g/mol. The second-order valence-electron chi connectivity index (χ2n) is 4.07. The molecule has 0 fully saturated rings. The van der Waals surface area contributed by atoms with Crippen molar-refractivity contribution in [2.24, 2.45) is 0 Å². The van der Waals surface area contributed by atoms with Crippen molar-refractivity contribution in [1.29, 1.82) is 0 Å². The molecule has 5 heteroatoms. The molecule has 2 rings (SSSR count). The average Bonchev–Trinajstić information content (AvgIpc) is 2.74. The number of carbonyl (C=O) groups excluding carboxylic acids is 1. The summed E-state index contributed by atoms with van der Waals surface area (Å²) in [6.07, 6.45) is 0. The van der Waals surface area contributed by atoms with Crippen LogP contribution in [0.1, 0.15) is 21.6 Å². The second-order valence-corrected chi connectivity index (χ2v) is 4.07. The molecule has 5 nitrogen and oxygen atoms in total. The van der Waals surface area contributed by atoms with Gasteiger partial charge in [-0.2, -0.15) is 0 Å². The number of carbonyl (C=O) groups is 1. The number of anilines is 2. The fourth-order valence-corrected chi connectivity index (χ4v) is 1.68. The molecule has 2 N–H and O–H groups in total. The van der Waals surface area contributed by atoms with Gasteiger partial charge >= 0.3 is 0 Å². The molecule has 0 aliphatic rings. The van der Waals surface area contributed by atoms with E-state index in [1.54, 1.807) is 19.1 Å². The summed E-state index contributed by atoms with van der Waals surface area (Å²) < 4.78 is 4.95. The number of nitrogens with zero attached hydrogens (tertiary/aromatic N) is 1. The zero-order chi connectivity index (χ0) is 13.1. The fourth-order valence-electron chi connectivity index (χ4n) is 1.68. The standard InChI is InChI=1S/C13H15N3O2/c1-8-6-10(14-3)4-5-11(8)13(17)15-12-7-9(2)16-18-12/h4-7,14H,1-3H3,(H,15,17). The molecule has 0 atom stereocenters. The first kappa shape index (κ1) is 12.2. The summed E-state index contributed by atoms with van der Waals surface area (Å²) in [5.74, 6) is 0.154. The van der Waals surface area contributed by atoms with Gasteiger partial charge in [0.05, 0.1) is 5.69 Å². The SMILES string of the molecule is CNc1ccc(C(=O)Nc2cc(C)no2)c(C)c1. The van der Waals surface area contributed by atoms with Crippen molar-refractivity contribution >= 4 is 17.5 Å². The van der Waals surface area contributed by atoms with Crippen LogP contribution in [0.3, 0.4) is 0 Å². The predicted molar refractivity (Wildman–Crippen MR) is 69.9 cm³/mol. The monoisotopic (exact) mass is 245 g/mol. The van der Waals surface area contributed by atoms with Gasteiger partial charge in [0.15, 0.2) is 0 Å². The number of hydrogen-bond acceptors (Lipinski definition) is 4. The molecule has 0 aliphatic heterocycles. The van der Waals surface area contributed by atoms with Crippen LogP contribution in [0.4, 0.5) is 11.6 Å². The van der Waals surface area contributed by atoms with Gasteiger partial charge in [-0.15, -0.1) is 0 Å². The lowest BCUT2D eigenvalue weighted by Gasteiger charge is -2.07. The smallest absolute Gasteiger partial charge is 0.258 e. The molecule has 94 valence electrons. The van der Waals surface area contributed by atoms with E-state index in [9.17, 15) is 4.79 Å². The van der Waals surface area contributed by atoms with Gasteiger partial charge in [-0.25, -0.2) is 0 Å². The van der Waals surface area contributed by atoms with E-state index >= 15 is 0 Å². The zero-order valence-electron chi connectivity index (χ0n) is 10.6. The van der Waals surface area contributed by atoms with E-state index in [0.29, 0.717) is 11.4 Å². The molecule has 0 saturated carbocycles.